The molecule has 3 aromatic carbocycles. The summed E-state index contributed by atoms with van der Waals surface area (Å²) in [5, 5.41) is 34.0. The number of nitrogens with one attached hydrogen (secondary N) is 4. The van der Waals surface area contributed by atoms with Crippen LogP contribution in [0, 0.1) is 5.92 Å². The highest BCUT2D eigenvalue weighted by Crippen LogP contribution is 2.12. The molecule has 0 saturated carbocycles. The summed E-state index contributed by atoms with van der Waals surface area (Å²) >= 11 is 0. The summed E-state index contributed by atoms with van der Waals surface area (Å²) < 4.78 is 10.8. The summed E-state index contributed by atoms with van der Waals surface area (Å²) in [4.78, 5) is 38.8. The minimum Gasteiger partial charge on any atom is -0.445 e. The second kappa shape index (κ2) is 19.5. The summed E-state index contributed by atoms with van der Waals surface area (Å²) in [6.07, 6.45) is -2.79. The fraction of sp³-hybridized carbons (Fsp3) is 0.447. The van der Waals surface area contributed by atoms with Crippen LogP contribution in [-0.4, -0.2) is 77.3 Å². The van der Waals surface area contributed by atoms with Crippen LogP contribution in [0.25, 0.3) is 0 Å². The van der Waals surface area contributed by atoms with Crippen LogP contribution in [-0.2, 0) is 33.7 Å². The van der Waals surface area contributed by atoms with Crippen LogP contribution < -0.4 is 21.3 Å². The standard InChI is InChI=1S/C38H52N4O7/c1-26(2)34(42-36(46)48-25-29-19-13-8-14-20-29)35(45)40-30(21-27-15-9-6-10-16-27)32(43)23-39-24-33(44)31(22-28-17-11-7-12-18-28)41-37(47)49-38(3,4)5/h6-20,26,30-34,39,43-44H,21-25H2,1-5H3,(H,40,45)(H,41,47)(H,42,46)/t30-,31-,32-,33+,34-/m0/s1. The molecule has 0 fully saturated rings. The molecule has 0 radical (unpaired) electrons. The third kappa shape index (κ3) is 14.7. The number of carbonyl (C=O) groups is 3. The third-order valence-electron chi connectivity index (χ3n) is 7.70. The highest BCUT2D eigenvalue weighted by Gasteiger charge is 2.30. The zero-order valence-electron chi connectivity index (χ0n) is 29.1. The van der Waals surface area contributed by atoms with Gasteiger partial charge in [0.1, 0.15) is 18.2 Å². The highest BCUT2D eigenvalue weighted by molar-refractivity contribution is 5.86. The number of aliphatic hydroxyl groups excluding tert-OH is 2. The van der Waals surface area contributed by atoms with Crippen LogP contribution in [0.2, 0.25) is 0 Å². The first-order valence-corrected chi connectivity index (χ1v) is 16.7. The maximum Gasteiger partial charge on any atom is 0.408 e. The molecule has 0 saturated heterocycles. The van der Waals surface area contributed by atoms with Crippen molar-refractivity contribution in [3.63, 3.8) is 0 Å². The molecule has 6 N–H and O–H groups in total. The smallest absolute Gasteiger partial charge is 0.408 e. The molecule has 0 aromatic heterocycles. The Hall–Kier alpha value is -4.45. The summed E-state index contributed by atoms with van der Waals surface area (Å²) in [6.45, 7) is 9.04. The van der Waals surface area contributed by atoms with Crippen LogP contribution in [0.15, 0.2) is 91.0 Å². The Morgan fingerprint density at radius 1 is 0.653 bits per heavy atom. The van der Waals surface area contributed by atoms with E-state index in [0.29, 0.717) is 12.8 Å². The molecule has 11 nitrogen and oxygen atoms in total. The molecule has 0 unspecified atom stereocenters. The van der Waals surface area contributed by atoms with Crippen molar-refractivity contribution in [1.29, 1.82) is 0 Å². The van der Waals surface area contributed by atoms with Crippen molar-refractivity contribution in [3.8, 4) is 0 Å². The highest BCUT2D eigenvalue weighted by atomic mass is 16.6. The van der Waals surface area contributed by atoms with Crippen LogP contribution in [0.4, 0.5) is 9.59 Å². The minimum absolute atomic E-state index is 0.0260. The molecule has 3 amide bonds. The van der Waals surface area contributed by atoms with Gasteiger partial charge in [0.25, 0.3) is 0 Å². The Labute approximate surface area is 289 Å². The number of hydrogen-bond acceptors (Lipinski definition) is 8. The Morgan fingerprint density at radius 2 is 1.10 bits per heavy atom. The quantitative estimate of drug-likeness (QED) is 0.125. The van der Waals surface area contributed by atoms with E-state index < -0.39 is 54.0 Å². The van der Waals surface area contributed by atoms with E-state index in [4.69, 9.17) is 9.47 Å². The van der Waals surface area contributed by atoms with Crippen LogP contribution in [0.5, 0.6) is 0 Å². The van der Waals surface area contributed by atoms with Gasteiger partial charge in [0.2, 0.25) is 5.91 Å². The number of ether oxygens (including phenoxy) is 2. The molecule has 0 aliphatic rings. The van der Waals surface area contributed by atoms with Crippen LogP contribution >= 0.6 is 0 Å². The largest absolute Gasteiger partial charge is 0.445 e. The number of benzene rings is 3. The number of amides is 3. The van der Waals surface area contributed by atoms with E-state index in [0.717, 1.165) is 16.7 Å². The Kier molecular flexibility index (Phi) is 15.5. The van der Waals surface area contributed by atoms with E-state index in [1.54, 1.807) is 20.8 Å². The monoisotopic (exact) mass is 676 g/mol. The van der Waals surface area contributed by atoms with Crippen molar-refractivity contribution in [2.75, 3.05) is 13.1 Å². The van der Waals surface area contributed by atoms with Crippen molar-refractivity contribution in [3.05, 3.63) is 108 Å². The van der Waals surface area contributed by atoms with Gasteiger partial charge in [-0.2, -0.15) is 0 Å². The van der Waals surface area contributed by atoms with Gasteiger partial charge in [-0.15, -0.1) is 0 Å². The predicted molar refractivity (Wildman–Crippen MR) is 189 cm³/mol. The lowest BCUT2D eigenvalue weighted by Crippen LogP contribution is -2.57. The molecule has 0 aliphatic carbocycles. The summed E-state index contributed by atoms with van der Waals surface area (Å²) in [6, 6.07) is 25.8. The lowest BCUT2D eigenvalue weighted by atomic mass is 9.98. The van der Waals surface area contributed by atoms with Gasteiger partial charge < -0.3 is 41.0 Å². The summed E-state index contributed by atoms with van der Waals surface area (Å²) in [7, 11) is 0. The van der Waals surface area contributed by atoms with Crippen molar-refractivity contribution in [1.82, 2.24) is 21.3 Å². The fourth-order valence-electron chi connectivity index (χ4n) is 5.12. The minimum atomic E-state index is -1.07. The Bertz CT molecular complexity index is 1420. The summed E-state index contributed by atoms with van der Waals surface area (Å²) in [5.41, 5.74) is 1.93. The fourth-order valence-corrected chi connectivity index (χ4v) is 5.12. The van der Waals surface area contributed by atoms with E-state index in [1.807, 2.05) is 105 Å². The first-order valence-electron chi connectivity index (χ1n) is 16.7. The molecule has 49 heavy (non-hydrogen) atoms. The molecule has 3 rings (SSSR count). The van der Waals surface area contributed by atoms with Gasteiger partial charge in [-0.05, 0) is 56.2 Å². The average molecular weight is 677 g/mol. The molecule has 5 atom stereocenters. The number of rotatable bonds is 17. The molecule has 0 bridgehead atoms. The van der Waals surface area contributed by atoms with Crippen molar-refractivity contribution in [2.24, 2.45) is 5.92 Å². The molecule has 0 aliphatic heterocycles. The number of aliphatic hydroxyl groups is 2. The lowest BCUT2D eigenvalue weighted by Gasteiger charge is -2.30. The predicted octanol–water partition coefficient (Wildman–Crippen LogP) is 4.11. The Morgan fingerprint density at radius 3 is 1.55 bits per heavy atom. The number of alkyl carbamates (subject to hydrolysis) is 2. The molecule has 0 heterocycles. The van der Waals surface area contributed by atoms with E-state index in [2.05, 4.69) is 21.3 Å². The van der Waals surface area contributed by atoms with Gasteiger partial charge in [-0.25, -0.2) is 9.59 Å². The molecular formula is C38H52N4O7. The van der Waals surface area contributed by atoms with Crippen LogP contribution in [0.1, 0.15) is 51.3 Å². The Balaban J connectivity index is 1.64. The van der Waals surface area contributed by atoms with E-state index >= 15 is 0 Å². The first kappa shape index (κ1) is 39.0. The van der Waals surface area contributed by atoms with Gasteiger partial charge >= 0.3 is 12.2 Å². The average Bonchev–Trinajstić information content (AvgIpc) is 3.06. The lowest BCUT2D eigenvalue weighted by molar-refractivity contribution is -0.125. The number of hydrogen-bond donors (Lipinski definition) is 6. The molecule has 266 valence electrons. The third-order valence-corrected chi connectivity index (χ3v) is 7.70. The van der Waals surface area contributed by atoms with Crippen molar-refractivity contribution < 1.29 is 34.1 Å². The van der Waals surface area contributed by atoms with Gasteiger partial charge in [-0.1, -0.05) is 105 Å². The first-order chi connectivity index (χ1) is 23.3. The van der Waals surface area contributed by atoms with Gasteiger partial charge in [0, 0.05) is 13.1 Å². The van der Waals surface area contributed by atoms with Gasteiger partial charge in [-0.3, -0.25) is 4.79 Å². The maximum absolute atomic E-state index is 13.5. The van der Waals surface area contributed by atoms with Gasteiger partial charge in [0.15, 0.2) is 0 Å². The van der Waals surface area contributed by atoms with E-state index in [1.165, 1.54) is 0 Å². The molecule has 11 heteroatoms. The molecular weight excluding hydrogens is 624 g/mol. The zero-order chi connectivity index (χ0) is 35.8. The second-order valence-corrected chi connectivity index (χ2v) is 13.5. The van der Waals surface area contributed by atoms with Crippen molar-refractivity contribution in [2.45, 2.75) is 90.0 Å². The number of carbonyl (C=O) groups excluding carboxylic acids is 3. The van der Waals surface area contributed by atoms with E-state index in [9.17, 15) is 24.6 Å². The molecule has 3 aromatic rings. The molecule has 0 spiro atoms. The summed E-state index contributed by atoms with van der Waals surface area (Å²) in [5.74, 6) is -0.734. The van der Waals surface area contributed by atoms with Crippen LogP contribution in [0.3, 0.4) is 0 Å². The normalized spacial score (nSPS) is 14.5. The van der Waals surface area contributed by atoms with Gasteiger partial charge in [0.05, 0.1) is 24.3 Å². The van der Waals surface area contributed by atoms with E-state index in [-0.39, 0.29) is 25.6 Å². The second-order valence-electron chi connectivity index (χ2n) is 13.5. The SMILES string of the molecule is CC(C)[C@H](NC(=O)OCc1ccccc1)C(=O)N[C@@H](Cc1ccccc1)[C@@H](O)CNC[C@@H](O)[C@H](Cc1ccccc1)NC(=O)OC(C)(C)C. The maximum atomic E-state index is 13.5. The zero-order valence-corrected chi connectivity index (χ0v) is 29.1. The topological polar surface area (TPSA) is 158 Å². The van der Waals surface area contributed by atoms with Crippen molar-refractivity contribution >= 4 is 18.1 Å².